The van der Waals surface area contributed by atoms with Gasteiger partial charge in [0, 0.05) is 20.1 Å². The van der Waals surface area contributed by atoms with E-state index in [2.05, 4.69) is 10.0 Å². The molecule has 0 saturated carbocycles. The van der Waals surface area contributed by atoms with Crippen LogP contribution in [0.15, 0.2) is 46.2 Å². The summed E-state index contributed by atoms with van der Waals surface area (Å²) >= 11 is 0. The first-order valence-electron chi connectivity index (χ1n) is 9.72. The number of amides is 1. The highest BCUT2D eigenvalue weighted by molar-refractivity contribution is 7.89. The minimum Gasteiger partial charge on any atom is -0.354 e. The van der Waals surface area contributed by atoms with Gasteiger partial charge in [-0.15, -0.1) is 0 Å². The van der Waals surface area contributed by atoms with Gasteiger partial charge in [-0.2, -0.15) is 4.31 Å². The highest BCUT2D eigenvalue weighted by Crippen LogP contribution is 2.24. The van der Waals surface area contributed by atoms with Gasteiger partial charge in [-0.25, -0.2) is 21.6 Å². The number of likely N-dealkylation sites (N-methyl/N-ethyl adjacent to an activating group) is 1. The second-order valence-electron chi connectivity index (χ2n) is 7.55. The Kier molecular flexibility index (Phi) is 7.98. The van der Waals surface area contributed by atoms with Crippen LogP contribution >= 0.6 is 0 Å². The van der Waals surface area contributed by atoms with E-state index in [1.165, 1.54) is 19.2 Å². The number of carbonyl (C=O) groups excluding carboxylic acids is 1. The lowest BCUT2D eigenvalue weighted by molar-refractivity contribution is -0.121. The number of hydrogen-bond donors (Lipinski definition) is 2. The van der Waals surface area contributed by atoms with Gasteiger partial charge in [0.2, 0.25) is 26.0 Å². The number of sulfonamides is 2. The van der Waals surface area contributed by atoms with Crippen molar-refractivity contribution in [3.63, 3.8) is 0 Å². The van der Waals surface area contributed by atoms with Gasteiger partial charge in [0.25, 0.3) is 0 Å². The van der Waals surface area contributed by atoms with Crippen molar-refractivity contribution in [2.24, 2.45) is 0 Å². The fourth-order valence-electron chi connectivity index (χ4n) is 3.26. The predicted octanol–water partition coefficient (Wildman–Crippen LogP) is 1.64. The lowest BCUT2D eigenvalue weighted by Crippen LogP contribution is -2.41. The summed E-state index contributed by atoms with van der Waals surface area (Å²) in [5.41, 5.74) is 3.15. The molecular formula is C21H29N3O5S2. The van der Waals surface area contributed by atoms with Crippen molar-refractivity contribution in [1.29, 1.82) is 0 Å². The minimum atomic E-state index is -3.84. The molecule has 0 spiro atoms. The van der Waals surface area contributed by atoms with Gasteiger partial charge < -0.3 is 5.32 Å². The largest absolute Gasteiger partial charge is 0.354 e. The van der Waals surface area contributed by atoms with E-state index in [1.807, 2.05) is 13.8 Å². The summed E-state index contributed by atoms with van der Waals surface area (Å²) in [6, 6.07) is 9.98. The van der Waals surface area contributed by atoms with Crippen LogP contribution in [0.25, 0.3) is 0 Å². The summed E-state index contributed by atoms with van der Waals surface area (Å²) in [4.78, 5) is 12.5. The highest BCUT2D eigenvalue weighted by atomic mass is 32.2. The van der Waals surface area contributed by atoms with Crippen LogP contribution in [0.3, 0.4) is 0 Å². The standard InChI is InChI=1S/C21H29N3O5S2/c1-15-6-8-19(9-7-15)30(26,27)23-11-10-22-20(25)14-24(5)31(28,29)21-17(3)12-16(2)13-18(21)4/h6-9,12-13,23H,10-11,14H2,1-5H3,(H,22,25). The van der Waals surface area contributed by atoms with Crippen molar-refractivity contribution < 1.29 is 21.6 Å². The van der Waals surface area contributed by atoms with E-state index in [4.69, 9.17) is 0 Å². The van der Waals surface area contributed by atoms with Gasteiger partial charge in [-0.05, 0) is 51.0 Å². The van der Waals surface area contributed by atoms with E-state index in [0.717, 1.165) is 15.4 Å². The zero-order valence-corrected chi connectivity index (χ0v) is 20.0. The molecule has 0 bridgehead atoms. The Morgan fingerprint density at radius 3 is 1.97 bits per heavy atom. The zero-order chi connectivity index (χ0) is 23.4. The van der Waals surface area contributed by atoms with Gasteiger partial charge in [-0.1, -0.05) is 35.4 Å². The molecule has 0 aliphatic rings. The van der Waals surface area contributed by atoms with Crippen molar-refractivity contribution >= 4 is 26.0 Å². The topological polar surface area (TPSA) is 113 Å². The zero-order valence-electron chi connectivity index (χ0n) is 18.4. The van der Waals surface area contributed by atoms with Crippen LogP contribution < -0.4 is 10.0 Å². The molecule has 10 heteroatoms. The fourth-order valence-corrected chi connectivity index (χ4v) is 5.82. The SMILES string of the molecule is Cc1ccc(S(=O)(=O)NCCNC(=O)CN(C)S(=O)(=O)c2c(C)cc(C)cc2C)cc1. The quantitative estimate of drug-likeness (QED) is 0.545. The molecule has 0 unspecified atom stereocenters. The molecule has 2 aromatic carbocycles. The number of nitrogens with one attached hydrogen (secondary N) is 2. The number of nitrogens with zero attached hydrogens (tertiary/aromatic N) is 1. The first kappa shape index (κ1) is 25.0. The maximum Gasteiger partial charge on any atom is 0.243 e. The maximum absolute atomic E-state index is 12.9. The lowest BCUT2D eigenvalue weighted by Gasteiger charge is -2.20. The molecule has 170 valence electrons. The van der Waals surface area contributed by atoms with Crippen LogP contribution in [0.1, 0.15) is 22.3 Å². The maximum atomic E-state index is 12.9. The molecule has 0 heterocycles. The van der Waals surface area contributed by atoms with Gasteiger partial charge in [-0.3, -0.25) is 4.79 Å². The molecular weight excluding hydrogens is 438 g/mol. The molecule has 0 fully saturated rings. The van der Waals surface area contributed by atoms with E-state index in [1.54, 1.807) is 38.1 Å². The molecule has 0 aliphatic heterocycles. The molecule has 0 atom stereocenters. The molecule has 31 heavy (non-hydrogen) atoms. The van der Waals surface area contributed by atoms with Gasteiger partial charge in [0.1, 0.15) is 0 Å². The molecule has 1 amide bonds. The third-order valence-corrected chi connectivity index (χ3v) is 8.30. The second-order valence-corrected chi connectivity index (χ2v) is 11.3. The molecule has 2 aromatic rings. The Balaban J connectivity index is 1.92. The van der Waals surface area contributed by atoms with Gasteiger partial charge in [0.15, 0.2) is 0 Å². The third-order valence-electron chi connectivity index (χ3n) is 4.71. The van der Waals surface area contributed by atoms with Crippen LogP contribution in [0.4, 0.5) is 0 Å². The summed E-state index contributed by atoms with van der Waals surface area (Å²) in [6.07, 6.45) is 0. The van der Waals surface area contributed by atoms with Crippen molar-refractivity contribution in [3.8, 4) is 0 Å². The van der Waals surface area contributed by atoms with E-state index >= 15 is 0 Å². The minimum absolute atomic E-state index is 0.0193. The van der Waals surface area contributed by atoms with Crippen LogP contribution in [0.5, 0.6) is 0 Å². The Hall–Kier alpha value is -2.27. The Labute approximate surface area is 184 Å². The van der Waals surface area contributed by atoms with E-state index in [9.17, 15) is 21.6 Å². The monoisotopic (exact) mass is 467 g/mol. The van der Waals surface area contributed by atoms with Crippen molar-refractivity contribution in [3.05, 3.63) is 58.7 Å². The summed E-state index contributed by atoms with van der Waals surface area (Å²) < 4.78 is 53.7. The molecule has 0 saturated heterocycles. The molecule has 2 rings (SSSR count). The number of hydrogen-bond acceptors (Lipinski definition) is 5. The summed E-state index contributed by atoms with van der Waals surface area (Å²) in [7, 11) is -6.18. The average molecular weight is 468 g/mol. The summed E-state index contributed by atoms with van der Waals surface area (Å²) in [5, 5.41) is 2.54. The van der Waals surface area contributed by atoms with Crippen LogP contribution in [0, 0.1) is 27.7 Å². The number of rotatable bonds is 9. The van der Waals surface area contributed by atoms with E-state index in [0.29, 0.717) is 11.1 Å². The van der Waals surface area contributed by atoms with Gasteiger partial charge >= 0.3 is 0 Å². The fraction of sp³-hybridized carbons (Fsp3) is 0.381. The summed E-state index contributed by atoms with van der Waals surface area (Å²) in [6.45, 7) is 6.83. The normalized spacial score (nSPS) is 12.2. The van der Waals surface area contributed by atoms with Crippen LogP contribution in [0.2, 0.25) is 0 Å². The van der Waals surface area contributed by atoms with Crippen molar-refractivity contribution in [2.75, 3.05) is 26.7 Å². The smallest absolute Gasteiger partial charge is 0.243 e. The van der Waals surface area contributed by atoms with E-state index in [-0.39, 0.29) is 29.4 Å². The number of aryl methyl sites for hydroxylation is 4. The first-order chi connectivity index (χ1) is 14.3. The van der Waals surface area contributed by atoms with Crippen LogP contribution in [-0.4, -0.2) is 53.7 Å². The second kappa shape index (κ2) is 9.90. The van der Waals surface area contributed by atoms with Crippen molar-refractivity contribution in [1.82, 2.24) is 14.3 Å². The van der Waals surface area contributed by atoms with Crippen LogP contribution in [-0.2, 0) is 24.8 Å². The lowest BCUT2D eigenvalue weighted by atomic mass is 10.1. The summed E-state index contributed by atoms with van der Waals surface area (Å²) in [5.74, 6) is -0.525. The third kappa shape index (κ3) is 6.36. The number of carbonyl (C=O) groups is 1. The molecule has 2 N–H and O–H groups in total. The predicted molar refractivity (Wildman–Crippen MR) is 120 cm³/mol. The van der Waals surface area contributed by atoms with E-state index < -0.39 is 26.0 Å². The van der Waals surface area contributed by atoms with Gasteiger partial charge in [0.05, 0.1) is 16.3 Å². The molecule has 8 nitrogen and oxygen atoms in total. The number of benzene rings is 2. The average Bonchev–Trinajstić information content (AvgIpc) is 2.64. The van der Waals surface area contributed by atoms with Crippen molar-refractivity contribution in [2.45, 2.75) is 37.5 Å². The Morgan fingerprint density at radius 2 is 1.42 bits per heavy atom. The highest BCUT2D eigenvalue weighted by Gasteiger charge is 2.26. The molecule has 0 aromatic heterocycles. The Bertz CT molecular complexity index is 1130. The Morgan fingerprint density at radius 1 is 0.871 bits per heavy atom. The molecule has 0 aliphatic carbocycles. The first-order valence-corrected chi connectivity index (χ1v) is 12.6. The molecule has 0 radical (unpaired) electrons.